The van der Waals surface area contributed by atoms with E-state index in [2.05, 4.69) is 15.3 Å². The van der Waals surface area contributed by atoms with Crippen molar-refractivity contribution < 1.29 is 9.84 Å². The van der Waals surface area contributed by atoms with Crippen LogP contribution in [0, 0.1) is 0 Å². The SMILES string of the molecule is CCOc1ncnc(NCCCCO)c1N. The Kier molecular flexibility index (Phi) is 5.35. The highest BCUT2D eigenvalue weighted by Crippen LogP contribution is 2.24. The van der Waals surface area contributed by atoms with E-state index in [9.17, 15) is 0 Å². The van der Waals surface area contributed by atoms with E-state index in [1.807, 2.05) is 6.92 Å². The normalized spacial score (nSPS) is 10.1. The van der Waals surface area contributed by atoms with Crippen molar-refractivity contribution in [2.24, 2.45) is 0 Å². The summed E-state index contributed by atoms with van der Waals surface area (Å²) in [6, 6.07) is 0. The molecule has 0 radical (unpaired) electrons. The number of nitrogens with one attached hydrogen (secondary N) is 1. The molecular formula is C10H18N4O2. The lowest BCUT2D eigenvalue weighted by atomic mass is 10.3. The summed E-state index contributed by atoms with van der Waals surface area (Å²) in [5.41, 5.74) is 6.25. The Bertz CT molecular complexity index is 320. The minimum absolute atomic E-state index is 0.200. The van der Waals surface area contributed by atoms with E-state index >= 15 is 0 Å². The molecule has 0 atom stereocenters. The Balaban J connectivity index is 2.55. The van der Waals surface area contributed by atoms with Gasteiger partial charge in [-0.05, 0) is 19.8 Å². The number of aliphatic hydroxyl groups is 1. The first kappa shape index (κ1) is 12.5. The fourth-order valence-corrected chi connectivity index (χ4v) is 1.22. The zero-order valence-electron chi connectivity index (χ0n) is 9.44. The molecule has 0 bridgehead atoms. The molecule has 6 nitrogen and oxygen atoms in total. The van der Waals surface area contributed by atoms with Crippen LogP contribution in [0.5, 0.6) is 5.88 Å². The highest BCUT2D eigenvalue weighted by atomic mass is 16.5. The second-order valence-corrected chi connectivity index (χ2v) is 3.23. The fourth-order valence-electron chi connectivity index (χ4n) is 1.22. The minimum atomic E-state index is 0.200. The van der Waals surface area contributed by atoms with Crippen molar-refractivity contribution in [3.8, 4) is 5.88 Å². The van der Waals surface area contributed by atoms with E-state index in [0.717, 1.165) is 12.8 Å². The largest absolute Gasteiger partial charge is 0.476 e. The maximum absolute atomic E-state index is 8.63. The van der Waals surface area contributed by atoms with Crippen LogP contribution in [0.2, 0.25) is 0 Å². The van der Waals surface area contributed by atoms with Crippen molar-refractivity contribution in [1.82, 2.24) is 9.97 Å². The van der Waals surface area contributed by atoms with E-state index < -0.39 is 0 Å². The van der Waals surface area contributed by atoms with Crippen LogP contribution in [0.15, 0.2) is 6.33 Å². The van der Waals surface area contributed by atoms with Crippen molar-refractivity contribution in [2.75, 3.05) is 30.8 Å². The molecule has 1 heterocycles. The second kappa shape index (κ2) is 6.84. The Hall–Kier alpha value is -1.56. The third-order valence-electron chi connectivity index (χ3n) is 2.01. The van der Waals surface area contributed by atoms with Crippen LogP contribution >= 0.6 is 0 Å². The van der Waals surface area contributed by atoms with Crippen molar-refractivity contribution in [3.63, 3.8) is 0 Å². The zero-order valence-corrected chi connectivity index (χ0v) is 9.44. The Morgan fingerprint density at radius 2 is 2.25 bits per heavy atom. The summed E-state index contributed by atoms with van der Waals surface area (Å²) in [6.45, 7) is 3.31. The first-order chi connectivity index (χ1) is 7.79. The van der Waals surface area contributed by atoms with Crippen LogP contribution in [0.1, 0.15) is 19.8 Å². The average Bonchev–Trinajstić information content (AvgIpc) is 2.29. The van der Waals surface area contributed by atoms with Gasteiger partial charge in [-0.3, -0.25) is 0 Å². The van der Waals surface area contributed by atoms with Crippen LogP contribution in [0.25, 0.3) is 0 Å². The van der Waals surface area contributed by atoms with Gasteiger partial charge in [0.1, 0.15) is 12.0 Å². The summed E-state index contributed by atoms with van der Waals surface area (Å²) in [4.78, 5) is 7.96. The molecule has 0 aliphatic rings. The molecule has 0 saturated carbocycles. The summed E-state index contributed by atoms with van der Waals surface area (Å²) < 4.78 is 5.25. The molecule has 1 aromatic heterocycles. The van der Waals surface area contributed by atoms with E-state index in [1.165, 1.54) is 6.33 Å². The quantitative estimate of drug-likeness (QED) is 0.591. The molecule has 1 rings (SSSR count). The van der Waals surface area contributed by atoms with E-state index in [-0.39, 0.29) is 6.61 Å². The van der Waals surface area contributed by atoms with Gasteiger partial charge >= 0.3 is 0 Å². The zero-order chi connectivity index (χ0) is 11.8. The summed E-state index contributed by atoms with van der Waals surface area (Å²) in [7, 11) is 0. The lowest BCUT2D eigenvalue weighted by molar-refractivity contribution is 0.286. The number of aromatic nitrogens is 2. The summed E-state index contributed by atoms with van der Waals surface area (Å²) >= 11 is 0. The number of aliphatic hydroxyl groups excluding tert-OH is 1. The average molecular weight is 226 g/mol. The number of hydrogen-bond acceptors (Lipinski definition) is 6. The molecule has 0 saturated heterocycles. The van der Waals surface area contributed by atoms with E-state index in [0.29, 0.717) is 30.5 Å². The van der Waals surface area contributed by atoms with Crippen LogP contribution in [-0.4, -0.2) is 34.8 Å². The molecule has 0 aliphatic carbocycles. The molecule has 0 unspecified atom stereocenters. The number of rotatable bonds is 7. The number of nitrogens with two attached hydrogens (primary N) is 1. The molecule has 6 heteroatoms. The molecule has 0 aromatic carbocycles. The Morgan fingerprint density at radius 1 is 1.44 bits per heavy atom. The number of nitrogen functional groups attached to an aromatic ring is 1. The summed E-state index contributed by atoms with van der Waals surface area (Å²) in [5, 5.41) is 11.7. The molecule has 16 heavy (non-hydrogen) atoms. The fraction of sp³-hybridized carbons (Fsp3) is 0.600. The highest BCUT2D eigenvalue weighted by Gasteiger charge is 2.07. The van der Waals surface area contributed by atoms with Crippen molar-refractivity contribution in [2.45, 2.75) is 19.8 Å². The molecule has 0 amide bonds. The van der Waals surface area contributed by atoms with Crippen LogP contribution in [0.3, 0.4) is 0 Å². The van der Waals surface area contributed by atoms with Crippen molar-refractivity contribution in [1.29, 1.82) is 0 Å². The third kappa shape index (κ3) is 3.54. The van der Waals surface area contributed by atoms with Gasteiger partial charge in [0.2, 0.25) is 5.88 Å². The first-order valence-corrected chi connectivity index (χ1v) is 5.37. The van der Waals surface area contributed by atoms with Gasteiger partial charge in [0.05, 0.1) is 6.61 Å². The number of anilines is 2. The molecule has 4 N–H and O–H groups in total. The molecular weight excluding hydrogens is 208 g/mol. The summed E-state index contributed by atoms with van der Waals surface area (Å²) in [6.07, 6.45) is 3.04. The molecule has 90 valence electrons. The van der Waals surface area contributed by atoms with Gasteiger partial charge in [-0.2, -0.15) is 4.98 Å². The number of hydrogen-bond donors (Lipinski definition) is 3. The second-order valence-electron chi connectivity index (χ2n) is 3.23. The smallest absolute Gasteiger partial charge is 0.242 e. The molecule has 0 fully saturated rings. The Morgan fingerprint density at radius 3 is 2.94 bits per heavy atom. The maximum Gasteiger partial charge on any atom is 0.242 e. The lowest BCUT2D eigenvalue weighted by Crippen LogP contribution is -2.09. The molecule has 1 aromatic rings. The topological polar surface area (TPSA) is 93.3 Å². The minimum Gasteiger partial charge on any atom is -0.476 e. The van der Waals surface area contributed by atoms with Gasteiger partial charge in [0.25, 0.3) is 0 Å². The van der Waals surface area contributed by atoms with Crippen LogP contribution in [-0.2, 0) is 0 Å². The maximum atomic E-state index is 8.63. The predicted molar refractivity (Wildman–Crippen MR) is 62.4 cm³/mol. The number of unbranched alkanes of at least 4 members (excludes halogenated alkanes) is 1. The number of nitrogens with zero attached hydrogens (tertiary/aromatic N) is 2. The third-order valence-corrected chi connectivity index (χ3v) is 2.01. The first-order valence-electron chi connectivity index (χ1n) is 5.37. The van der Waals surface area contributed by atoms with Gasteiger partial charge in [0, 0.05) is 13.2 Å². The van der Waals surface area contributed by atoms with E-state index in [1.54, 1.807) is 0 Å². The van der Waals surface area contributed by atoms with Crippen molar-refractivity contribution >= 4 is 11.5 Å². The van der Waals surface area contributed by atoms with Crippen LogP contribution in [0.4, 0.5) is 11.5 Å². The highest BCUT2D eigenvalue weighted by molar-refractivity contribution is 5.66. The molecule has 0 aliphatic heterocycles. The number of ether oxygens (including phenoxy) is 1. The standard InChI is InChI=1S/C10H18N4O2/c1-2-16-10-8(11)9(13-7-14-10)12-5-3-4-6-15/h7,15H,2-6,11H2,1H3,(H,12,13,14). The molecule has 0 spiro atoms. The van der Waals surface area contributed by atoms with Crippen molar-refractivity contribution in [3.05, 3.63) is 6.33 Å². The Labute approximate surface area is 94.9 Å². The van der Waals surface area contributed by atoms with Gasteiger partial charge in [-0.15, -0.1) is 0 Å². The van der Waals surface area contributed by atoms with Gasteiger partial charge in [0.15, 0.2) is 5.82 Å². The predicted octanol–water partition coefficient (Wildman–Crippen LogP) is 0.642. The van der Waals surface area contributed by atoms with Crippen LogP contribution < -0.4 is 15.8 Å². The van der Waals surface area contributed by atoms with E-state index in [4.69, 9.17) is 15.6 Å². The van der Waals surface area contributed by atoms with Gasteiger partial charge in [-0.25, -0.2) is 4.98 Å². The monoisotopic (exact) mass is 226 g/mol. The lowest BCUT2D eigenvalue weighted by Gasteiger charge is -2.10. The van der Waals surface area contributed by atoms with Gasteiger partial charge < -0.3 is 20.9 Å². The summed E-state index contributed by atoms with van der Waals surface area (Å²) in [5.74, 6) is 0.985. The van der Waals surface area contributed by atoms with Gasteiger partial charge in [-0.1, -0.05) is 0 Å².